The summed E-state index contributed by atoms with van der Waals surface area (Å²) in [5.41, 5.74) is 0.646. The van der Waals surface area contributed by atoms with Crippen LogP contribution in [0.1, 0.15) is 42.1 Å². The molecule has 1 aromatic carbocycles. The van der Waals surface area contributed by atoms with Crippen molar-refractivity contribution in [2.45, 2.75) is 31.7 Å². The summed E-state index contributed by atoms with van der Waals surface area (Å²) >= 11 is 0. The van der Waals surface area contributed by atoms with Gasteiger partial charge in [0.2, 0.25) is 0 Å². The Morgan fingerprint density at radius 3 is 2.48 bits per heavy atom. The van der Waals surface area contributed by atoms with Gasteiger partial charge in [0.05, 0.1) is 5.56 Å². The van der Waals surface area contributed by atoms with Crippen LogP contribution in [0.4, 0.5) is 16.3 Å². The summed E-state index contributed by atoms with van der Waals surface area (Å²) in [6.45, 7) is 3.44. The van der Waals surface area contributed by atoms with Crippen molar-refractivity contribution in [2.75, 3.05) is 23.3 Å². The number of hydrogen-bond acceptors (Lipinski definition) is 5. The monoisotopic (exact) mass is 393 g/mol. The molecule has 0 bridgehead atoms. The third kappa shape index (κ3) is 3.65. The van der Waals surface area contributed by atoms with Gasteiger partial charge < -0.3 is 15.5 Å². The summed E-state index contributed by atoms with van der Waals surface area (Å²) in [5, 5.41) is 7.76. The van der Waals surface area contributed by atoms with Gasteiger partial charge in [-0.1, -0.05) is 12.1 Å². The molecule has 4 rings (SSSR count). The minimum atomic E-state index is -1.12. The van der Waals surface area contributed by atoms with E-state index in [0.717, 1.165) is 25.9 Å². The number of carbonyl (C=O) groups excluding carboxylic acids is 3. The maximum atomic E-state index is 12.9. The second-order valence-corrected chi connectivity index (χ2v) is 7.49. The third-order valence-corrected chi connectivity index (χ3v) is 5.45. The van der Waals surface area contributed by atoms with Crippen molar-refractivity contribution in [3.63, 3.8) is 0 Å². The Morgan fingerprint density at radius 1 is 1.10 bits per heavy atom. The fourth-order valence-electron chi connectivity index (χ4n) is 3.76. The molecule has 1 atom stereocenters. The molecule has 8 nitrogen and oxygen atoms in total. The summed E-state index contributed by atoms with van der Waals surface area (Å²) in [7, 11) is 0. The van der Waals surface area contributed by atoms with Gasteiger partial charge in [-0.25, -0.2) is 9.78 Å². The van der Waals surface area contributed by atoms with Gasteiger partial charge in [0.25, 0.3) is 11.8 Å². The Morgan fingerprint density at radius 2 is 1.83 bits per heavy atom. The summed E-state index contributed by atoms with van der Waals surface area (Å²) in [4.78, 5) is 43.0. The molecular weight excluding hydrogens is 370 g/mol. The molecule has 150 valence electrons. The lowest BCUT2D eigenvalue weighted by Crippen LogP contribution is -2.40. The number of rotatable bonds is 4. The molecule has 3 N–H and O–H groups in total. The van der Waals surface area contributed by atoms with E-state index in [0.29, 0.717) is 22.6 Å². The van der Waals surface area contributed by atoms with Crippen LogP contribution in [0.25, 0.3) is 0 Å². The minimum absolute atomic E-state index is 0.232. The second kappa shape index (κ2) is 7.54. The first-order chi connectivity index (χ1) is 14.0. The largest absolute Gasteiger partial charge is 0.356 e. The topological polar surface area (TPSA) is 103 Å². The van der Waals surface area contributed by atoms with Crippen molar-refractivity contribution in [1.29, 1.82) is 0 Å². The van der Waals surface area contributed by atoms with E-state index >= 15 is 0 Å². The van der Waals surface area contributed by atoms with Crippen molar-refractivity contribution in [2.24, 2.45) is 0 Å². The standard InChI is InChI=1S/C21H23N5O3/c1-21(19(28)24-20(29)25-21)14-7-9-15(10-8-14)23-18(27)16-6-5-11-22-17(16)26-12-3-2-4-13-26/h5-11H,2-4,12-13H2,1H3,(H,23,27)(H2,24,25,28,29)/t21-/m0/s1. The normalized spacial score (nSPS) is 21.5. The van der Waals surface area contributed by atoms with Gasteiger partial charge in [0.1, 0.15) is 11.4 Å². The molecule has 4 amide bonds. The van der Waals surface area contributed by atoms with Crippen LogP contribution in [-0.4, -0.2) is 35.9 Å². The Balaban J connectivity index is 1.51. The molecule has 2 saturated heterocycles. The van der Waals surface area contributed by atoms with Crippen molar-refractivity contribution in [3.05, 3.63) is 53.7 Å². The molecular formula is C21H23N5O3. The van der Waals surface area contributed by atoms with Crippen LogP contribution in [0.2, 0.25) is 0 Å². The van der Waals surface area contributed by atoms with Crippen LogP contribution < -0.4 is 20.9 Å². The van der Waals surface area contributed by atoms with Crippen LogP contribution in [0.15, 0.2) is 42.6 Å². The average Bonchev–Trinajstić information content (AvgIpc) is 3.01. The number of urea groups is 1. The summed E-state index contributed by atoms with van der Waals surface area (Å²) < 4.78 is 0. The van der Waals surface area contributed by atoms with E-state index < -0.39 is 17.5 Å². The molecule has 0 saturated carbocycles. The van der Waals surface area contributed by atoms with Gasteiger partial charge >= 0.3 is 6.03 Å². The number of hydrogen-bond donors (Lipinski definition) is 3. The van der Waals surface area contributed by atoms with Crippen molar-refractivity contribution < 1.29 is 14.4 Å². The van der Waals surface area contributed by atoms with Gasteiger partial charge in [-0.05, 0) is 56.0 Å². The number of piperidine rings is 1. The van der Waals surface area contributed by atoms with Gasteiger partial charge in [0, 0.05) is 25.0 Å². The number of anilines is 2. The predicted octanol–water partition coefficient (Wildman–Crippen LogP) is 2.38. The zero-order chi connectivity index (χ0) is 20.4. The van der Waals surface area contributed by atoms with E-state index in [1.165, 1.54) is 6.42 Å². The van der Waals surface area contributed by atoms with Gasteiger partial charge in [-0.15, -0.1) is 0 Å². The molecule has 2 fully saturated rings. The number of nitrogens with one attached hydrogen (secondary N) is 3. The third-order valence-electron chi connectivity index (χ3n) is 5.45. The van der Waals surface area contributed by atoms with Gasteiger partial charge in [-0.2, -0.15) is 0 Å². The number of imide groups is 1. The van der Waals surface area contributed by atoms with E-state index in [1.54, 1.807) is 49.5 Å². The number of carbonyl (C=O) groups is 3. The Hall–Kier alpha value is -3.42. The Bertz CT molecular complexity index is 953. The zero-order valence-corrected chi connectivity index (χ0v) is 16.2. The first-order valence-corrected chi connectivity index (χ1v) is 9.73. The molecule has 8 heteroatoms. The van der Waals surface area contributed by atoms with Crippen molar-refractivity contribution in [3.8, 4) is 0 Å². The van der Waals surface area contributed by atoms with E-state index in [9.17, 15) is 14.4 Å². The molecule has 0 unspecified atom stereocenters. The van der Waals surface area contributed by atoms with Gasteiger partial charge in [-0.3, -0.25) is 14.9 Å². The predicted molar refractivity (Wildman–Crippen MR) is 109 cm³/mol. The Labute approximate surface area is 168 Å². The molecule has 1 aromatic heterocycles. The van der Waals surface area contributed by atoms with Crippen LogP contribution >= 0.6 is 0 Å². The number of amides is 4. The Kier molecular flexibility index (Phi) is 4.92. The second-order valence-electron chi connectivity index (χ2n) is 7.49. The molecule has 2 aliphatic rings. The highest BCUT2D eigenvalue weighted by atomic mass is 16.2. The summed E-state index contributed by atoms with van der Waals surface area (Å²) in [5.74, 6) is 0.0736. The highest BCUT2D eigenvalue weighted by molar-refractivity contribution is 6.08. The number of aromatic nitrogens is 1. The maximum absolute atomic E-state index is 12.9. The molecule has 0 aliphatic carbocycles. The van der Waals surface area contributed by atoms with Crippen LogP contribution in [-0.2, 0) is 10.3 Å². The smallest absolute Gasteiger partial charge is 0.322 e. The number of pyridine rings is 1. The first kappa shape index (κ1) is 18.9. The van der Waals surface area contributed by atoms with Crippen LogP contribution in [0.3, 0.4) is 0 Å². The SMILES string of the molecule is C[C@@]1(c2ccc(NC(=O)c3cccnc3N3CCCCC3)cc2)NC(=O)NC1=O. The lowest BCUT2D eigenvalue weighted by Gasteiger charge is -2.29. The molecule has 0 radical (unpaired) electrons. The quantitative estimate of drug-likeness (QED) is 0.692. The van der Waals surface area contributed by atoms with E-state index in [1.807, 2.05) is 0 Å². The molecule has 3 heterocycles. The minimum Gasteiger partial charge on any atom is -0.356 e. The average molecular weight is 393 g/mol. The fourth-order valence-corrected chi connectivity index (χ4v) is 3.76. The number of nitrogens with zero attached hydrogens (tertiary/aromatic N) is 2. The van der Waals surface area contributed by atoms with E-state index in [2.05, 4.69) is 25.8 Å². The number of benzene rings is 1. The first-order valence-electron chi connectivity index (χ1n) is 9.73. The maximum Gasteiger partial charge on any atom is 0.322 e. The van der Waals surface area contributed by atoms with Crippen LogP contribution in [0.5, 0.6) is 0 Å². The molecule has 29 heavy (non-hydrogen) atoms. The van der Waals surface area contributed by atoms with Gasteiger partial charge in [0.15, 0.2) is 0 Å². The van der Waals surface area contributed by atoms with Crippen LogP contribution in [0, 0.1) is 0 Å². The summed E-state index contributed by atoms with van der Waals surface area (Å²) in [6.07, 6.45) is 5.11. The molecule has 0 spiro atoms. The van der Waals surface area contributed by atoms with E-state index in [4.69, 9.17) is 0 Å². The highest BCUT2D eigenvalue weighted by Crippen LogP contribution is 2.26. The molecule has 2 aliphatic heterocycles. The zero-order valence-electron chi connectivity index (χ0n) is 16.2. The molecule has 2 aromatic rings. The van der Waals surface area contributed by atoms with Crippen molar-refractivity contribution >= 4 is 29.4 Å². The highest BCUT2D eigenvalue weighted by Gasteiger charge is 2.43. The van der Waals surface area contributed by atoms with Crippen molar-refractivity contribution in [1.82, 2.24) is 15.6 Å². The lowest BCUT2D eigenvalue weighted by atomic mass is 9.92. The van der Waals surface area contributed by atoms with E-state index in [-0.39, 0.29) is 5.91 Å². The summed E-state index contributed by atoms with van der Waals surface area (Å²) in [6, 6.07) is 9.89. The lowest BCUT2D eigenvalue weighted by molar-refractivity contribution is -0.123. The fraction of sp³-hybridized carbons (Fsp3) is 0.333.